The maximum absolute atomic E-state index is 12.8. The molecule has 1 rings (SSSR count). The van der Waals surface area contributed by atoms with Gasteiger partial charge < -0.3 is 18.7 Å². The van der Waals surface area contributed by atoms with Gasteiger partial charge in [0.25, 0.3) is 0 Å². The molecule has 0 bridgehead atoms. The first-order valence-electron chi connectivity index (χ1n) is 9.52. The Hall–Kier alpha value is -1.80. The third kappa shape index (κ3) is 8.48. The van der Waals surface area contributed by atoms with Gasteiger partial charge in [0.2, 0.25) is 5.91 Å². The number of amides is 1. The van der Waals surface area contributed by atoms with Crippen LogP contribution in [0.25, 0.3) is 0 Å². The van der Waals surface area contributed by atoms with Gasteiger partial charge in [-0.05, 0) is 30.0 Å². The van der Waals surface area contributed by atoms with Gasteiger partial charge in [0, 0.05) is 13.0 Å². The minimum absolute atomic E-state index is 0.0771. The first-order chi connectivity index (χ1) is 12.9. The highest BCUT2D eigenvalue weighted by Gasteiger charge is 2.23. The number of methoxy groups -OCH3 is 1. The summed E-state index contributed by atoms with van der Waals surface area (Å²) in [4.78, 5) is 15.9. The van der Waals surface area contributed by atoms with Gasteiger partial charge >= 0.3 is 10.1 Å². The van der Waals surface area contributed by atoms with E-state index in [1.54, 1.807) is 12.1 Å². The number of nitrogens with one attached hydrogen (secondary N) is 1. The van der Waals surface area contributed by atoms with Crippen molar-refractivity contribution >= 4 is 16.0 Å². The van der Waals surface area contributed by atoms with Gasteiger partial charge in [0.05, 0.1) is 40.0 Å². The number of likely N-dealkylation sites (N-methyl/N-ethyl adjacent to an activating group) is 1. The minimum Gasteiger partial charge on any atom is -0.493 e. The molecule has 1 aromatic rings. The third-order valence-corrected chi connectivity index (χ3v) is 5.23. The number of benzene rings is 1. The molecule has 0 aromatic heterocycles. The summed E-state index contributed by atoms with van der Waals surface area (Å²) in [6.45, 7) is 9.45. The van der Waals surface area contributed by atoms with Crippen molar-refractivity contribution in [2.45, 2.75) is 40.7 Å². The maximum Gasteiger partial charge on any atom is 0.309 e. The fraction of sp³-hybridized carbons (Fsp3) is 0.650. The molecule has 0 heterocycles. The summed E-state index contributed by atoms with van der Waals surface area (Å²) in [5, 5.41) is 0. The fourth-order valence-electron chi connectivity index (χ4n) is 2.52. The molecule has 0 unspecified atom stereocenters. The van der Waals surface area contributed by atoms with Crippen molar-refractivity contribution in [3.05, 3.63) is 23.8 Å². The van der Waals surface area contributed by atoms with E-state index in [-0.39, 0.29) is 22.8 Å². The topological polar surface area (TPSA) is 77.4 Å². The van der Waals surface area contributed by atoms with Crippen molar-refractivity contribution in [2.24, 2.45) is 5.41 Å². The van der Waals surface area contributed by atoms with Crippen LogP contribution in [0.4, 0.5) is 0 Å². The SMILES string of the molecule is CCS(=O)(=O)Oc1cc(CN(CC[NH+](C)C)C(=O)CC(C)(C)C)ccc1OC. The molecule has 0 radical (unpaired) electrons. The molecule has 7 nitrogen and oxygen atoms in total. The lowest BCUT2D eigenvalue weighted by Gasteiger charge is -2.27. The molecular weight excluding hydrogens is 380 g/mol. The lowest BCUT2D eigenvalue weighted by Crippen LogP contribution is -3.06. The van der Waals surface area contributed by atoms with Crippen LogP contribution in [0.5, 0.6) is 11.5 Å². The Morgan fingerprint density at radius 1 is 1.18 bits per heavy atom. The summed E-state index contributed by atoms with van der Waals surface area (Å²) in [6, 6.07) is 5.12. The predicted octanol–water partition coefficient (Wildman–Crippen LogP) is 1.33. The summed E-state index contributed by atoms with van der Waals surface area (Å²) in [7, 11) is 1.87. The van der Waals surface area contributed by atoms with E-state index in [0.717, 1.165) is 12.1 Å². The molecule has 0 saturated carbocycles. The van der Waals surface area contributed by atoms with Gasteiger partial charge in [-0.2, -0.15) is 8.42 Å². The number of hydrogen-bond donors (Lipinski definition) is 1. The van der Waals surface area contributed by atoms with E-state index in [1.807, 2.05) is 45.8 Å². The monoisotopic (exact) mass is 415 g/mol. The van der Waals surface area contributed by atoms with E-state index in [4.69, 9.17) is 8.92 Å². The molecular formula is C20H35N2O5S+. The van der Waals surface area contributed by atoms with Crippen LogP contribution in [0.2, 0.25) is 0 Å². The van der Waals surface area contributed by atoms with Crippen LogP contribution in [0.15, 0.2) is 18.2 Å². The van der Waals surface area contributed by atoms with E-state index < -0.39 is 10.1 Å². The van der Waals surface area contributed by atoms with Crippen molar-refractivity contribution in [1.29, 1.82) is 0 Å². The zero-order chi connectivity index (χ0) is 21.5. The minimum atomic E-state index is -3.68. The van der Waals surface area contributed by atoms with E-state index in [9.17, 15) is 13.2 Å². The van der Waals surface area contributed by atoms with Gasteiger partial charge in [-0.15, -0.1) is 0 Å². The molecule has 0 atom stereocenters. The summed E-state index contributed by atoms with van der Waals surface area (Å²) in [5.74, 6) is 0.421. The zero-order valence-corrected chi connectivity index (χ0v) is 19.0. The van der Waals surface area contributed by atoms with Crippen molar-refractivity contribution in [3.8, 4) is 11.5 Å². The van der Waals surface area contributed by atoms with Crippen molar-refractivity contribution in [3.63, 3.8) is 0 Å². The quantitative estimate of drug-likeness (QED) is 0.584. The molecule has 0 aliphatic rings. The molecule has 1 aromatic carbocycles. The van der Waals surface area contributed by atoms with Crippen LogP contribution in [0, 0.1) is 5.41 Å². The number of ether oxygens (including phenoxy) is 1. The van der Waals surface area contributed by atoms with E-state index in [1.165, 1.54) is 18.9 Å². The Bertz CT molecular complexity index is 754. The fourth-order valence-corrected chi connectivity index (χ4v) is 3.04. The smallest absolute Gasteiger partial charge is 0.309 e. The first-order valence-corrected chi connectivity index (χ1v) is 11.1. The molecule has 28 heavy (non-hydrogen) atoms. The van der Waals surface area contributed by atoms with Crippen LogP contribution in [0.1, 0.15) is 39.7 Å². The Kier molecular flexibility index (Phi) is 8.75. The third-order valence-electron chi connectivity index (χ3n) is 4.09. The number of carbonyl (C=O) groups excluding carboxylic acids is 1. The second-order valence-electron chi connectivity index (χ2n) is 8.42. The normalized spacial score (nSPS) is 12.1. The lowest BCUT2D eigenvalue weighted by atomic mass is 9.91. The van der Waals surface area contributed by atoms with E-state index in [2.05, 4.69) is 0 Å². The molecule has 1 amide bonds. The number of nitrogens with zero attached hydrogens (tertiary/aromatic N) is 1. The summed E-state index contributed by atoms with van der Waals surface area (Å²) in [6.07, 6.45) is 0.444. The van der Waals surface area contributed by atoms with Crippen LogP contribution in [-0.2, 0) is 21.5 Å². The predicted molar refractivity (Wildman–Crippen MR) is 110 cm³/mol. The zero-order valence-electron chi connectivity index (χ0n) is 18.2. The molecule has 0 fully saturated rings. The number of rotatable bonds is 10. The molecule has 0 aliphatic carbocycles. The second kappa shape index (κ2) is 10.1. The van der Waals surface area contributed by atoms with Gasteiger partial charge in [-0.3, -0.25) is 4.79 Å². The Labute approximate surface area is 169 Å². The van der Waals surface area contributed by atoms with Crippen LogP contribution < -0.4 is 13.8 Å². The molecule has 0 spiro atoms. The highest BCUT2D eigenvalue weighted by Crippen LogP contribution is 2.30. The number of carbonyl (C=O) groups is 1. The second-order valence-corrected chi connectivity index (χ2v) is 10.3. The molecule has 1 N–H and O–H groups in total. The molecule has 0 aliphatic heterocycles. The van der Waals surface area contributed by atoms with Gasteiger partial charge in [-0.25, -0.2) is 0 Å². The Morgan fingerprint density at radius 3 is 2.32 bits per heavy atom. The van der Waals surface area contributed by atoms with Crippen molar-refractivity contribution in [2.75, 3.05) is 40.0 Å². The first kappa shape index (κ1) is 24.2. The maximum atomic E-state index is 12.8. The van der Waals surface area contributed by atoms with Gasteiger partial charge in [-0.1, -0.05) is 26.8 Å². The van der Waals surface area contributed by atoms with Gasteiger partial charge in [0.1, 0.15) is 0 Å². The van der Waals surface area contributed by atoms with Crippen LogP contribution >= 0.6 is 0 Å². The summed E-state index contributed by atoms with van der Waals surface area (Å²) < 4.78 is 34.1. The average Bonchev–Trinajstić information content (AvgIpc) is 2.56. The van der Waals surface area contributed by atoms with E-state index in [0.29, 0.717) is 25.3 Å². The lowest BCUT2D eigenvalue weighted by molar-refractivity contribution is -0.857. The molecule has 8 heteroatoms. The van der Waals surface area contributed by atoms with Crippen LogP contribution in [-0.4, -0.2) is 59.3 Å². The number of hydrogen-bond acceptors (Lipinski definition) is 5. The number of quaternary nitrogens is 1. The summed E-state index contributed by atoms with van der Waals surface area (Å²) in [5.41, 5.74) is 0.682. The molecule has 160 valence electrons. The molecule has 0 saturated heterocycles. The Morgan fingerprint density at radius 2 is 1.82 bits per heavy atom. The standard InChI is InChI=1S/C20H34N2O5S/c1-8-28(24,25)27-18-13-16(9-10-17(18)26-7)15-22(12-11-21(5)6)19(23)14-20(2,3)4/h9-10,13H,8,11-12,14-15H2,1-7H3/p+1. The van der Waals surface area contributed by atoms with Crippen molar-refractivity contribution < 1.29 is 27.0 Å². The van der Waals surface area contributed by atoms with E-state index >= 15 is 0 Å². The van der Waals surface area contributed by atoms with Crippen LogP contribution in [0.3, 0.4) is 0 Å². The van der Waals surface area contributed by atoms with Crippen molar-refractivity contribution in [1.82, 2.24) is 4.90 Å². The largest absolute Gasteiger partial charge is 0.493 e. The highest BCUT2D eigenvalue weighted by molar-refractivity contribution is 7.87. The van der Waals surface area contributed by atoms with Gasteiger partial charge in [0.15, 0.2) is 11.5 Å². The average molecular weight is 416 g/mol. The highest BCUT2D eigenvalue weighted by atomic mass is 32.2. The summed E-state index contributed by atoms with van der Waals surface area (Å²) >= 11 is 0. The Balaban J connectivity index is 3.11.